The Morgan fingerprint density at radius 1 is 1.00 bits per heavy atom. The van der Waals surface area contributed by atoms with E-state index >= 15 is 0 Å². The van der Waals surface area contributed by atoms with Crippen LogP contribution in [0.15, 0.2) is 54.6 Å². The lowest BCUT2D eigenvalue weighted by molar-refractivity contribution is 0.264. The fourth-order valence-electron chi connectivity index (χ4n) is 2.08. The van der Waals surface area contributed by atoms with Crippen LogP contribution in [-0.2, 0) is 12.8 Å². The normalized spacial score (nSPS) is 12.1. The first-order valence-corrected chi connectivity index (χ1v) is 7.03. The van der Waals surface area contributed by atoms with E-state index in [-0.39, 0.29) is 6.04 Å². The maximum Gasteiger partial charge on any atom is 0.119 e. The summed E-state index contributed by atoms with van der Waals surface area (Å²) in [5.74, 6) is 6.48. The minimum atomic E-state index is 0.0997. The van der Waals surface area contributed by atoms with Gasteiger partial charge in [0.25, 0.3) is 0 Å². The summed E-state index contributed by atoms with van der Waals surface area (Å²) in [5, 5.41) is 0. The number of rotatable bonds is 7. The molecule has 0 aliphatic heterocycles. The van der Waals surface area contributed by atoms with Crippen LogP contribution >= 0.6 is 0 Å². The molecular formula is C17H22N2O. The molecule has 1 atom stereocenters. The summed E-state index contributed by atoms with van der Waals surface area (Å²) in [6.45, 7) is 2.71. The van der Waals surface area contributed by atoms with Crippen molar-refractivity contribution in [2.45, 2.75) is 25.8 Å². The SMILES string of the molecule is CCc1ccc(CC(COc2ccccc2)NN)cc1. The second-order valence-electron chi connectivity index (χ2n) is 4.86. The third-order valence-corrected chi connectivity index (χ3v) is 3.34. The van der Waals surface area contributed by atoms with Crippen molar-refractivity contribution in [3.63, 3.8) is 0 Å². The molecule has 0 saturated heterocycles. The van der Waals surface area contributed by atoms with Gasteiger partial charge < -0.3 is 4.74 Å². The van der Waals surface area contributed by atoms with E-state index in [0.717, 1.165) is 18.6 Å². The van der Waals surface area contributed by atoms with Crippen molar-refractivity contribution in [2.24, 2.45) is 5.84 Å². The van der Waals surface area contributed by atoms with E-state index in [0.29, 0.717) is 6.61 Å². The summed E-state index contributed by atoms with van der Waals surface area (Å²) in [5.41, 5.74) is 5.44. The molecule has 0 radical (unpaired) electrons. The molecule has 0 aliphatic carbocycles. The highest BCUT2D eigenvalue weighted by Gasteiger charge is 2.08. The maximum absolute atomic E-state index is 5.73. The van der Waals surface area contributed by atoms with Gasteiger partial charge in [-0.1, -0.05) is 49.4 Å². The van der Waals surface area contributed by atoms with E-state index in [1.54, 1.807) is 0 Å². The Labute approximate surface area is 120 Å². The molecule has 0 fully saturated rings. The van der Waals surface area contributed by atoms with Crippen LogP contribution in [0.5, 0.6) is 5.75 Å². The van der Waals surface area contributed by atoms with Crippen molar-refractivity contribution < 1.29 is 4.74 Å². The molecule has 2 aromatic rings. The number of nitrogens with two attached hydrogens (primary N) is 1. The molecule has 0 bridgehead atoms. The number of hydrogen-bond donors (Lipinski definition) is 2. The highest BCUT2D eigenvalue weighted by molar-refractivity contribution is 5.24. The molecule has 3 N–H and O–H groups in total. The van der Waals surface area contributed by atoms with Crippen LogP contribution < -0.4 is 16.0 Å². The standard InChI is InChI=1S/C17H22N2O/c1-2-14-8-10-15(11-9-14)12-16(19-18)13-20-17-6-4-3-5-7-17/h3-11,16,19H,2,12-13,18H2,1H3. The molecule has 0 saturated carbocycles. The average Bonchev–Trinajstić information content (AvgIpc) is 2.53. The zero-order valence-corrected chi connectivity index (χ0v) is 11.9. The van der Waals surface area contributed by atoms with Gasteiger partial charge in [-0.15, -0.1) is 0 Å². The topological polar surface area (TPSA) is 47.3 Å². The Balaban J connectivity index is 1.88. The second kappa shape index (κ2) is 7.68. The predicted octanol–water partition coefficient (Wildman–Crippen LogP) is 2.70. The van der Waals surface area contributed by atoms with E-state index in [4.69, 9.17) is 10.6 Å². The zero-order valence-electron chi connectivity index (χ0n) is 11.9. The highest BCUT2D eigenvalue weighted by atomic mass is 16.5. The third-order valence-electron chi connectivity index (χ3n) is 3.34. The van der Waals surface area contributed by atoms with E-state index < -0.39 is 0 Å². The second-order valence-corrected chi connectivity index (χ2v) is 4.86. The molecule has 20 heavy (non-hydrogen) atoms. The van der Waals surface area contributed by atoms with E-state index in [2.05, 4.69) is 36.6 Å². The molecule has 1 unspecified atom stereocenters. The number of hydrogen-bond acceptors (Lipinski definition) is 3. The Bertz CT molecular complexity index is 496. The quantitative estimate of drug-likeness (QED) is 0.600. The molecule has 3 heteroatoms. The monoisotopic (exact) mass is 270 g/mol. The molecule has 0 aliphatic rings. The van der Waals surface area contributed by atoms with Crippen LogP contribution in [-0.4, -0.2) is 12.6 Å². The maximum atomic E-state index is 5.73. The van der Waals surface area contributed by atoms with Crippen LogP contribution in [0.2, 0.25) is 0 Å². The number of aryl methyl sites for hydroxylation is 1. The van der Waals surface area contributed by atoms with E-state index in [1.165, 1.54) is 11.1 Å². The van der Waals surface area contributed by atoms with Gasteiger partial charge in [-0.2, -0.15) is 0 Å². The summed E-state index contributed by atoms with van der Waals surface area (Å²) in [6.07, 6.45) is 1.92. The summed E-state index contributed by atoms with van der Waals surface area (Å²) in [7, 11) is 0. The molecule has 2 rings (SSSR count). The van der Waals surface area contributed by atoms with Gasteiger partial charge in [0.1, 0.15) is 12.4 Å². The molecular weight excluding hydrogens is 248 g/mol. The molecule has 106 valence electrons. The lowest BCUT2D eigenvalue weighted by atomic mass is 10.0. The van der Waals surface area contributed by atoms with Crippen molar-refractivity contribution in [2.75, 3.05) is 6.61 Å². The first-order chi connectivity index (χ1) is 9.81. The Kier molecular flexibility index (Phi) is 5.59. The van der Waals surface area contributed by atoms with Crippen molar-refractivity contribution in [1.29, 1.82) is 0 Å². The van der Waals surface area contributed by atoms with Crippen molar-refractivity contribution in [3.05, 3.63) is 65.7 Å². The largest absolute Gasteiger partial charge is 0.492 e. The molecule has 0 spiro atoms. The van der Waals surface area contributed by atoms with Gasteiger partial charge in [0, 0.05) is 0 Å². The van der Waals surface area contributed by atoms with Crippen molar-refractivity contribution >= 4 is 0 Å². The minimum Gasteiger partial charge on any atom is -0.492 e. The molecule has 0 amide bonds. The number of hydrazine groups is 1. The van der Waals surface area contributed by atoms with Crippen LogP contribution in [0.3, 0.4) is 0 Å². The summed E-state index contributed by atoms with van der Waals surface area (Å²) in [6, 6.07) is 18.5. The summed E-state index contributed by atoms with van der Waals surface area (Å²) < 4.78 is 5.73. The van der Waals surface area contributed by atoms with E-state index in [9.17, 15) is 0 Å². The lowest BCUT2D eigenvalue weighted by Gasteiger charge is -2.17. The van der Waals surface area contributed by atoms with Crippen LogP contribution in [0.4, 0.5) is 0 Å². The van der Waals surface area contributed by atoms with Crippen molar-refractivity contribution in [1.82, 2.24) is 5.43 Å². The van der Waals surface area contributed by atoms with Gasteiger partial charge in [0.2, 0.25) is 0 Å². The minimum absolute atomic E-state index is 0.0997. The number of nitrogens with one attached hydrogen (secondary N) is 1. The van der Waals surface area contributed by atoms with Crippen LogP contribution in [0.1, 0.15) is 18.1 Å². The van der Waals surface area contributed by atoms with Gasteiger partial charge in [0.05, 0.1) is 6.04 Å². The Morgan fingerprint density at radius 3 is 2.25 bits per heavy atom. The number of para-hydroxylation sites is 1. The van der Waals surface area contributed by atoms with Gasteiger partial charge >= 0.3 is 0 Å². The molecule has 3 nitrogen and oxygen atoms in total. The van der Waals surface area contributed by atoms with Gasteiger partial charge in [-0.3, -0.25) is 11.3 Å². The van der Waals surface area contributed by atoms with E-state index in [1.807, 2.05) is 30.3 Å². The molecule has 0 aromatic heterocycles. The molecule has 0 heterocycles. The van der Waals surface area contributed by atoms with Gasteiger partial charge in [-0.25, -0.2) is 0 Å². The number of ether oxygens (including phenoxy) is 1. The lowest BCUT2D eigenvalue weighted by Crippen LogP contribution is -2.41. The highest BCUT2D eigenvalue weighted by Crippen LogP contribution is 2.11. The third kappa shape index (κ3) is 4.37. The smallest absolute Gasteiger partial charge is 0.119 e. The summed E-state index contributed by atoms with van der Waals surface area (Å²) in [4.78, 5) is 0. The van der Waals surface area contributed by atoms with Crippen molar-refractivity contribution in [3.8, 4) is 5.75 Å². The van der Waals surface area contributed by atoms with Gasteiger partial charge in [0.15, 0.2) is 0 Å². The first-order valence-electron chi connectivity index (χ1n) is 7.03. The first kappa shape index (κ1) is 14.6. The number of benzene rings is 2. The fraction of sp³-hybridized carbons (Fsp3) is 0.294. The molecule has 2 aromatic carbocycles. The predicted molar refractivity (Wildman–Crippen MR) is 82.6 cm³/mol. The Hall–Kier alpha value is -1.84. The van der Waals surface area contributed by atoms with Gasteiger partial charge in [-0.05, 0) is 36.1 Å². The summed E-state index contributed by atoms with van der Waals surface area (Å²) >= 11 is 0. The van der Waals surface area contributed by atoms with Crippen LogP contribution in [0.25, 0.3) is 0 Å². The average molecular weight is 270 g/mol. The Morgan fingerprint density at radius 2 is 1.65 bits per heavy atom. The van der Waals surface area contributed by atoms with Crippen LogP contribution in [0, 0.1) is 0 Å². The zero-order chi connectivity index (χ0) is 14.2. The fourth-order valence-corrected chi connectivity index (χ4v) is 2.08.